The number of aryl methyl sites for hydroxylation is 2. The van der Waals surface area contributed by atoms with Gasteiger partial charge in [-0.3, -0.25) is 0 Å². The van der Waals surface area contributed by atoms with E-state index in [9.17, 15) is 5.11 Å². The zero-order valence-corrected chi connectivity index (χ0v) is 9.39. The Morgan fingerprint density at radius 2 is 2.06 bits per heavy atom. The lowest BCUT2D eigenvalue weighted by molar-refractivity contribution is 0.167. The van der Waals surface area contributed by atoms with Crippen LogP contribution < -0.4 is 0 Å². The Balaban J connectivity index is 1.95. The topological polar surface area (TPSA) is 33.4 Å². The summed E-state index contributed by atoms with van der Waals surface area (Å²) in [7, 11) is 0. The van der Waals surface area contributed by atoms with Gasteiger partial charge in [0.2, 0.25) is 0 Å². The molecule has 0 bridgehead atoms. The summed E-state index contributed by atoms with van der Waals surface area (Å²) < 4.78 is 4.95. The SMILES string of the molecule is Cc1ccccc1CCC(O)c1ccoc1. The summed E-state index contributed by atoms with van der Waals surface area (Å²) in [5.74, 6) is 0. The summed E-state index contributed by atoms with van der Waals surface area (Å²) in [6.07, 6.45) is 4.37. The van der Waals surface area contributed by atoms with Crippen LogP contribution in [0.2, 0.25) is 0 Å². The van der Waals surface area contributed by atoms with Crippen LogP contribution in [-0.2, 0) is 6.42 Å². The minimum atomic E-state index is -0.432. The van der Waals surface area contributed by atoms with E-state index in [-0.39, 0.29) is 0 Å². The third-order valence-electron chi connectivity index (χ3n) is 2.88. The first-order valence-corrected chi connectivity index (χ1v) is 5.52. The molecule has 1 unspecified atom stereocenters. The zero-order chi connectivity index (χ0) is 11.4. The molecule has 2 aromatic rings. The Hall–Kier alpha value is -1.54. The molecule has 16 heavy (non-hydrogen) atoms. The van der Waals surface area contributed by atoms with Crippen molar-refractivity contribution in [2.24, 2.45) is 0 Å². The smallest absolute Gasteiger partial charge is 0.0960 e. The zero-order valence-electron chi connectivity index (χ0n) is 9.39. The van der Waals surface area contributed by atoms with E-state index in [0.29, 0.717) is 0 Å². The number of furan rings is 1. The fraction of sp³-hybridized carbons (Fsp3) is 0.286. The number of aliphatic hydroxyl groups is 1. The highest BCUT2D eigenvalue weighted by Gasteiger charge is 2.09. The maximum atomic E-state index is 9.90. The van der Waals surface area contributed by atoms with Crippen LogP contribution in [0.3, 0.4) is 0 Å². The monoisotopic (exact) mass is 216 g/mol. The summed E-state index contributed by atoms with van der Waals surface area (Å²) in [4.78, 5) is 0. The number of benzene rings is 1. The Labute approximate surface area is 95.5 Å². The van der Waals surface area contributed by atoms with E-state index in [2.05, 4.69) is 19.1 Å². The van der Waals surface area contributed by atoms with E-state index < -0.39 is 6.10 Å². The van der Waals surface area contributed by atoms with Crippen molar-refractivity contribution in [2.75, 3.05) is 0 Å². The lowest BCUT2D eigenvalue weighted by atomic mass is 10.00. The van der Waals surface area contributed by atoms with Gasteiger partial charge in [-0.2, -0.15) is 0 Å². The van der Waals surface area contributed by atoms with Gasteiger partial charge in [-0.1, -0.05) is 24.3 Å². The molecule has 0 amide bonds. The highest BCUT2D eigenvalue weighted by Crippen LogP contribution is 2.20. The van der Waals surface area contributed by atoms with Crippen molar-refractivity contribution in [1.29, 1.82) is 0 Å². The first-order chi connectivity index (χ1) is 7.77. The van der Waals surface area contributed by atoms with Crippen LogP contribution in [0.25, 0.3) is 0 Å². The summed E-state index contributed by atoms with van der Waals surface area (Å²) in [6.45, 7) is 2.10. The molecule has 0 saturated carbocycles. The lowest BCUT2D eigenvalue weighted by Crippen LogP contribution is -1.99. The van der Waals surface area contributed by atoms with Crippen molar-refractivity contribution in [3.8, 4) is 0 Å². The number of hydrogen-bond donors (Lipinski definition) is 1. The molecule has 0 aliphatic rings. The summed E-state index contributed by atoms with van der Waals surface area (Å²) >= 11 is 0. The van der Waals surface area contributed by atoms with Crippen LogP contribution in [0.4, 0.5) is 0 Å². The third-order valence-corrected chi connectivity index (χ3v) is 2.88. The number of aliphatic hydroxyl groups excluding tert-OH is 1. The molecular formula is C14H16O2. The Morgan fingerprint density at radius 1 is 1.25 bits per heavy atom. The fourth-order valence-corrected chi connectivity index (χ4v) is 1.81. The normalized spacial score (nSPS) is 12.6. The van der Waals surface area contributed by atoms with Crippen LogP contribution in [0.15, 0.2) is 47.3 Å². The van der Waals surface area contributed by atoms with Crippen LogP contribution in [0, 0.1) is 6.92 Å². The summed E-state index contributed by atoms with van der Waals surface area (Å²) in [5.41, 5.74) is 3.43. The molecule has 0 saturated heterocycles. The molecule has 1 atom stereocenters. The van der Waals surface area contributed by atoms with Gasteiger partial charge in [0.1, 0.15) is 0 Å². The molecule has 2 nitrogen and oxygen atoms in total. The van der Waals surface area contributed by atoms with Crippen molar-refractivity contribution < 1.29 is 9.52 Å². The molecule has 2 rings (SSSR count). The third kappa shape index (κ3) is 2.52. The van der Waals surface area contributed by atoms with Gasteiger partial charge < -0.3 is 9.52 Å². The molecular weight excluding hydrogens is 200 g/mol. The van der Waals surface area contributed by atoms with Gasteiger partial charge in [-0.25, -0.2) is 0 Å². The van der Waals surface area contributed by atoms with Crippen LogP contribution in [0.1, 0.15) is 29.2 Å². The molecule has 0 radical (unpaired) electrons. The molecule has 0 aliphatic heterocycles. The van der Waals surface area contributed by atoms with E-state index in [4.69, 9.17) is 4.42 Å². The molecule has 1 N–H and O–H groups in total. The van der Waals surface area contributed by atoms with Gasteiger partial charge in [-0.15, -0.1) is 0 Å². The molecule has 2 heteroatoms. The van der Waals surface area contributed by atoms with Crippen molar-refractivity contribution in [3.63, 3.8) is 0 Å². The Bertz CT molecular complexity index is 432. The highest BCUT2D eigenvalue weighted by atomic mass is 16.3. The van der Waals surface area contributed by atoms with E-state index >= 15 is 0 Å². The first kappa shape index (κ1) is 11.0. The van der Waals surface area contributed by atoms with Gasteiger partial charge in [0, 0.05) is 5.56 Å². The maximum Gasteiger partial charge on any atom is 0.0960 e. The molecule has 0 spiro atoms. The van der Waals surface area contributed by atoms with E-state index in [0.717, 1.165) is 18.4 Å². The predicted octanol–water partition coefficient (Wildman–Crippen LogP) is 3.25. The minimum absolute atomic E-state index is 0.432. The highest BCUT2D eigenvalue weighted by molar-refractivity contribution is 5.25. The van der Waals surface area contributed by atoms with E-state index in [1.54, 1.807) is 12.5 Å². The average Bonchev–Trinajstić information content (AvgIpc) is 2.81. The standard InChI is InChI=1S/C14H16O2/c1-11-4-2-3-5-12(11)6-7-14(15)13-8-9-16-10-13/h2-5,8-10,14-15H,6-7H2,1H3. The number of hydrogen-bond acceptors (Lipinski definition) is 2. The van der Waals surface area contributed by atoms with Gasteiger partial charge in [0.05, 0.1) is 18.6 Å². The van der Waals surface area contributed by atoms with Crippen molar-refractivity contribution in [2.45, 2.75) is 25.9 Å². The lowest BCUT2D eigenvalue weighted by Gasteiger charge is -2.09. The molecule has 1 heterocycles. The molecule has 1 aromatic carbocycles. The van der Waals surface area contributed by atoms with Crippen molar-refractivity contribution in [3.05, 3.63) is 59.5 Å². The molecule has 0 aliphatic carbocycles. The summed E-state index contributed by atoms with van der Waals surface area (Å²) in [5, 5.41) is 9.90. The average molecular weight is 216 g/mol. The van der Waals surface area contributed by atoms with Crippen LogP contribution in [0.5, 0.6) is 0 Å². The second kappa shape index (κ2) is 4.99. The van der Waals surface area contributed by atoms with Crippen LogP contribution >= 0.6 is 0 Å². The molecule has 84 valence electrons. The van der Waals surface area contributed by atoms with E-state index in [1.807, 2.05) is 18.2 Å². The van der Waals surface area contributed by atoms with E-state index in [1.165, 1.54) is 11.1 Å². The molecule has 1 aromatic heterocycles. The second-order valence-electron chi connectivity index (χ2n) is 4.04. The maximum absolute atomic E-state index is 9.90. The second-order valence-corrected chi connectivity index (χ2v) is 4.04. The first-order valence-electron chi connectivity index (χ1n) is 5.52. The predicted molar refractivity (Wildman–Crippen MR) is 63.2 cm³/mol. The van der Waals surface area contributed by atoms with Gasteiger partial charge in [0.25, 0.3) is 0 Å². The van der Waals surface area contributed by atoms with Crippen molar-refractivity contribution in [1.82, 2.24) is 0 Å². The quantitative estimate of drug-likeness (QED) is 0.851. The minimum Gasteiger partial charge on any atom is -0.472 e. The van der Waals surface area contributed by atoms with Crippen LogP contribution in [-0.4, -0.2) is 5.11 Å². The fourth-order valence-electron chi connectivity index (χ4n) is 1.81. The Morgan fingerprint density at radius 3 is 2.75 bits per heavy atom. The largest absolute Gasteiger partial charge is 0.472 e. The van der Waals surface area contributed by atoms with Gasteiger partial charge in [-0.05, 0) is 37.0 Å². The van der Waals surface area contributed by atoms with Gasteiger partial charge >= 0.3 is 0 Å². The summed E-state index contributed by atoms with van der Waals surface area (Å²) in [6, 6.07) is 10.1. The van der Waals surface area contributed by atoms with Gasteiger partial charge in [0.15, 0.2) is 0 Å². The molecule has 0 fully saturated rings. The van der Waals surface area contributed by atoms with Crippen molar-refractivity contribution >= 4 is 0 Å². The Kier molecular flexibility index (Phi) is 3.42. The number of rotatable bonds is 4.